The van der Waals surface area contributed by atoms with Crippen LogP contribution in [0.25, 0.3) is 0 Å². The van der Waals surface area contributed by atoms with Gasteiger partial charge in [0.1, 0.15) is 0 Å². The summed E-state index contributed by atoms with van der Waals surface area (Å²) >= 11 is 0. The first-order valence-corrected chi connectivity index (χ1v) is 6.59. The predicted octanol–water partition coefficient (Wildman–Crippen LogP) is -0.521. The Morgan fingerprint density at radius 3 is 2.76 bits per heavy atom. The zero-order valence-corrected chi connectivity index (χ0v) is 10.5. The van der Waals surface area contributed by atoms with Crippen LogP contribution in [0.15, 0.2) is 0 Å². The maximum atomic E-state index is 12.0. The maximum Gasteiger partial charge on any atom is 0.238 e. The third kappa shape index (κ3) is 3.66. The molecule has 2 saturated heterocycles. The fraction of sp³-hybridized carbons (Fsp3) is 0.917. The first-order valence-electron chi connectivity index (χ1n) is 6.59. The molecule has 0 aromatic rings. The summed E-state index contributed by atoms with van der Waals surface area (Å²) in [4.78, 5) is 12.0. The van der Waals surface area contributed by atoms with Crippen LogP contribution < -0.4 is 16.0 Å². The summed E-state index contributed by atoms with van der Waals surface area (Å²) in [5.41, 5.74) is 0. The van der Waals surface area contributed by atoms with Crippen LogP contribution >= 0.6 is 0 Å². The molecule has 0 spiro atoms. The van der Waals surface area contributed by atoms with Gasteiger partial charge in [-0.05, 0) is 25.7 Å². The van der Waals surface area contributed by atoms with Crippen LogP contribution in [0.3, 0.4) is 0 Å². The molecule has 2 unspecified atom stereocenters. The smallest absolute Gasteiger partial charge is 0.238 e. The summed E-state index contributed by atoms with van der Waals surface area (Å²) in [6.45, 7) is 6.29. The second kappa shape index (κ2) is 6.33. The van der Waals surface area contributed by atoms with Gasteiger partial charge < -0.3 is 20.7 Å². The van der Waals surface area contributed by atoms with Crippen LogP contribution in [0.2, 0.25) is 0 Å². The standard InChI is InChI=1S/C12H23N3O2/c1-9(10-2-6-17-7-3-10)15-12(16)11-8-13-4-5-14-11/h9-11,13-14H,2-8H2,1H3,(H,15,16). The van der Waals surface area contributed by atoms with Gasteiger partial charge in [-0.3, -0.25) is 4.79 Å². The van der Waals surface area contributed by atoms with Crippen molar-refractivity contribution in [3.63, 3.8) is 0 Å². The van der Waals surface area contributed by atoms with E-state index >= 15 is 0 Å². The minimum absolute atomic E-state index is 0.0777. The van der Waals surface area contributed by atoms with Gasteiger partial charge in [0, 0.05) is 38.9 Å². The number of carbonyl (C=O) groups excluding carboxylic acids is 1. The van der Waals surface area contributed by atoms with Gasteiger partial charge in [-0.15, -0.1) is 0 Å². The Labute approximate surface area is 103 Å². The van der Waals surface area contributed by atoms with Crippen molar-refractivity contribution in [2.24, 2.45) is 5.92 Å². The molecule has 17 heavy (non-hydrogen) atoms. The summed E-state index contributed by atoms with van der Waals surface area (Å²) in [6, 6.07) is 0.168. The summed E-state index contributed by atoms with van der Waals surface area (Å²) in [7, 11) is 0. The molecule has 1 amide bonds. The van der Waals surface area contributed by atoms with Gasteiger partial charge in [0.05, 0.1) is 6.04 Å². The van der Waals surface area contributed by atoms with Crippen LogP contribution in [0.1, 0.15) is 19.8 Å². The molecule has 0 saturated carbocycles. The Morgan fingerprint density at radius 2 is 2.12 bits per heavy atom. The molecular weight excluding hydrogens is 218 g/mol. The molecule has 2 fully saturated rings. The fourth-order valence-electron chi connectivity index (χ4n) is 2.50. The van der Waals surface area contributed by atoms with E-state index < -0.39 is 0 Å². The van der Waals surface area contributed by atoms with Crippen LogP contribution in [0.4, 0.5) is 0 Å². The van der Waals surface area contributed by atoms with Crippen molar-refractivity contribution in [1.29, 1.82) is 0 Å². The molecule has 2 aliphatic heterocycles. The van der Waals surface area contributed by atoms with Crippen molar-refractivity contribution < 1.29 is 9.53 Å². The lowest BCUT2D eigenvalue weighted by atomic mass is 9.93. The van der Waals surface area contributed by atoms with Crippen LogP contribution in [-0.4, -0.2) is 50.8 Å². The summed E-state index contributed by atoms with van der Waals surface area (Å²) in [5, 5.41) is 9.58. The average molecular weight is 241 g/mol. The predicted molar refractivity (Wildman–Crippen MR) is 65.8 cm³/mol. The van der Waals surface area contributed by atoms with E-state index in [-0.39, 0.29) is 18.0 Å². The van der Waals surface area contributed by atoms with E-state index in [9.17, 15) is 4.79 Å². The van der Waals surface area contributed by atoms with E-state index in [0.717, 1.165) is 45.7 Å². The largest absolute Gasteiger partial charge is 0.381 e. The molecule has 3 N–H and O–H groups in total. The third-order valence-electron chi connectivity index (χ3n) is 3.70. The molecule has 0 aliphatic carbocycles. The first kappa shape index (κ1) is 12.8. The van der Waals surface area contributed by atoms with Crippen molar-refractivity contribution in [2.45, 2.75) is 31.8 Å². The number of ether oxygens (including phenoxy) is 1. The Balaban J connectivity index is 1.76. The molecule has 2 aliphatic rings. The lowest BCUT2D eigenvalue weighted by Crippen LogP contribution is -2.57. The van der Waals surface area contributed by atoms with Gasteiger partial charge in [0.15, 0.2) is 0 Å². The monoisotopic (exact) mass is 241 g/mol. The molecule has 0 radical (unpaired) electrons. The van der Waals surface area contributed by atoms with Crippen LogP contribution in [0.5, 0.6) is 0 Å². The Morgan fingerprint density at radius 1 is 1.35 bits per heavy atom. The minimum atomic E-state index is -0.0777. The van der Waals surface area contributed by atoms with E-state index in [1.54, 1.807) is 0 Å². The molecule has 5 heteroatoms. The number of hydrogen-bond donors (Lipinski definition) is 3. The average Bonchev–Trinajstić information content (AvgIpc) is 2.40. The number of carbonyl (C=O) groups is 1. The number of nitrogens with one attached hydrogen (secondary N) is 3. The molecule has 0 bridgehead atoms. The van der Waals surface area contributed by atoms with Crippen molar-refractivity contribution in [3.8, 4) is 0 Å². The second-order valence-electron chi connectivity index (χ2n) is 4.96. The van der Waals surface area contributed by atoms with E-state index in [0.29, 0.717) is 5.92 Å². The van der Waals surface area contributed by atoms with Gasteiger partial charge in [-0.1, -0.05) is 0 Å². The van der Waals surface area contributed by atoms with Gasteiger partial charge in [0.25, 0.3) is 0 Å². The molecule has 98 valence electrons. The fourth-order valence-corrected chi connectivity index (χ4v) is 2.50. The molecule has 0 aromatic heterocycles. The highest BCUT2D eigenvalue weighted by molar-refractivity contribution is 5.82. The third-order valence-corrected chi connectivity index (χ3v) is 3.70. The lowest BCUT2D eigenvalue weighted by molar-refractivity contribution is -0.124. The molecule has 0 aromatic carbocycles. The van der Waals surface area contributed by atoms with E-state index in [1.165, 1.54) is 0 Å². The summed E-state index contributed by atoms with van der Waals surface area (Å²) in [5.74, 6) is 0.681. The highest BCUT2D eigenvalue weighted by Crippen LogP contribution is 2.18. The number of rotatable bonds is 3. The zero-order valence-electron chi connectivity index (χ0n) is 10.5. The number of hydrogen-bond acceptors (Lipinski definition) is 4. The number of piperazine rings is 1. The normalized spacial score (nSPS) is 28.6. The molecule has 5 nitrogen and oxygen atoms in total. The van der Waals surface area contributed by atoms with Crippen molar-refractivity contribution >= 4 is 5.91 Å². The molecule has 2 rings (SSSR count). The zero-order chi connectivity index (χ0) is 12.1. The van der Waals surface area contributed by atoms with E-state index in [2.05, 4.69) is 22.9 Å². The van der Waals surface area contributed by atoms with Crippen molar-refractivity contribution in [2.75, 3.05) is 32.8 Å². The Hall–Kier alpha value is -0.650. The minimum Gasteiger partial charge on any atom is -0.381 e. The maximum absolute atomic E-state index is 12.0. The molecular formula is C12H23N3O2. The van der Waals surface area contributed by atoms with Crippen molar-refractivity contribution in [3.05, 3.63) is 0 Å². The number of amides is 1. The van der Waals surface area contributed by atoms with E-state index in [1.807, 2.05) is 0 Å². The Bertz CT molecular complexity index is 248. The Kier molecular flexibility index (Phi) is 4.76. The van der Waals surface area contributed by atoms with Gasteiger partial charge in [-0.25, -0.2) is 0 Å². The summed E-state index contributed by atoms with van der Waals surface area (Å²) in [6.07, 6.45) is 2.11. The van der Waals surface area contributed by atoms with Gasteiger partial charge >= 0.3 is 0 Å². The summed E-state index contributed by atoms with van der Waals surface area (Å²) < 4.78 is 5.34. The van der Waals surface area contributed by atoms with Crippen LogP contribution in [-0.2, 0) is 9.53 Å². The quantitative estimate of drug-likeness (QED) is 0.622. The first-order chi connectivity index (χ1) is 8.27. The van der Waals surface area contributed by atoms with Gasteiger partial charge in [-0.2, -0.15) is 0 Å². The SMILES string of the molecule is CC(NC(=O)C1CNCCN1)C1CCOCC1. The highest BCUT2D eigenvalue weighted by Gasteiger charge is 2.25. The van der Waals surface area contributed by atoms with Crippen LogP contribution in [0, 0.1) is 5.92 Å². The molecule has 2 atom stereocenters. The van der Waals surface area contributed by atoms with Crippen molar-refractivity contribution in [1.82, 2.24) is 16.0 Å². The topological polar surface area (TPSA) is 62.4 Å². The molecule has 2 heterocycles. The second-order valence-corrected chi connectivity index (χ2v) is 4.96. The van der Waals surface area contributed by atoms with Gasteiger partial charge in [0.2, 0.25) is 5.91 Å². The van der Waals surface area contributed by atoms with E-state index in [4.69, 9.17) is 4.74 Å². The lowest BCUT2D eigenvalue weighted by Gasteiger charge is -2.31. The highest BCUT2D eigenvalue weighted by atomic mass is 16.5.